The van der Waals surface area contributed by atoms with Gasteiger partial charge in [0.2, 0.25) is 0 Å². The first-order chi connectivity index (χ1) is 8.98. The Hall–Kier alpha value is -0.893. The average Bonchev–Trinajstić information content (AvgIpc) is 2.36. The molecule has 0 saturated carbocycles. The van der Waals surface area contributed by atoms with E-state index in [1.165, 1.54) is 14.2 Å². The second kappa shape index (κ2) is 7.04. The van der Waals surface area contributed by atoms with Gasteiger partial charge in [0.05, 0.1) is 0 Å². The minimum Gasteiger partial charge on any atom is -0.377 e. The molecule has 0 spiro atoms. The molecule has 0 unspecified atom stereocenters. The predicted molar refractivity (Wildman–Crippen MR) is 66.2 cm³/mol. The van der Waals surface area contributed by atoms with E-state index in [2.05, 4.69) is 0 Å². The van der Waals surface area contributed by atoms with Crippen LogP contribution in [0.5, 0.6) is 0 Å². The molecule has 0 amide bonds. The van der Waals surface area contributed by atoms with Gasteiger partial charge in [-0.3, -0.25) is 0 Å². The molecule has 1 aromatic carbocycles. The number of benzene rings is 1. The van der Waals surface area contributed by atoms with E-state index in [-0.39, 0.29) is 18.0 Å². The summed E-state index contributed by atoms with van der Waals surface area (Å²) < 4.78 is 55.7. The molecule has 0 atom stereocenters. The second-order valence-electron chi connectivity index (χ2n) is 3.87. The molecule has 1 rings (SSSR count). The molecule has 0 aromatic heterocycles. The average molecular weight is 294 g/mol. The van der Waals surface area contributed by atoms with Crippen LogP contribution in [0.25, 0.3) is 0 Å². The van der Waals surface area contributed by atoms with E-state index in [1.54, 1.807) is 6.92 Å². The molecule has 108 valence electrons. The Kier molecular flexibility index (Phi) is 5.99. The smallest absolute Gasteiger partial charge is 0.377 e. The molecule has 0 saturated heterocycles. The fraction of sp³-hybridized carbons (Fsp3) is 0.500. The maximum Gasteiger partial charge on any atom is 0.500 e. The summed E-state index contributed by atoms with van der Waals surface area (Å²) in [4.78, 5) is 0. The first-order valence-electron chi connectivity index (χ1n) is 5.85. The highest BCUT2D eigenvalue weighted by molar-refractivity contribution is 6.60. The van der Waals surface area contributed by atoms with Crippen LogP contribution in [0.2, 0.25) is 6.04 Å². The number of hydrogen-bond donors (Lipinski definition) is 0. The molecular weight excluding hydrogens is 277 g/mol. The van der Waals surface area contributed by atoms with E-state index in [0.29, 0.717) is 18.7 Å². The SMILES string of the molecule is CCO[Si](CCc1c(F)cc(F)cc1F)(OC)OC. The molecule has 0 aliphatic carbocycles. The summed E-state index contributed by atoms with van der Waals surface area (Å²) in [5.74, 6) is -2.77. The topological polar surface area (TPSA) is 27.7 Å². The maximum atomic E-state index is 13.5. The lowest BCUT2D eigenvalue weighted by atomic mass is 10.1. The van der Waals surface area contributed by atoms with E-state index in [4.69, 9.17) is 13.3 Å². The van der Waals surface area contributed by atoms with Gasteiger partial charge in [-0.1, -0.05) is 0 Å². The zero-order chi connectivity index (χ0) is 14.5. The fourth-order valence-corrected chi connectivity index (χ4v) is 3.74. The van der Waals surface area contributed by atoms with Crippen molar-refractivity contribution in [3.05, 3.63) is 35.1 Å². The van der Waals surface area contributed by atoms with Crippen molar-refractivity contribution in [3.8, 4) is 0 Å². The summed E-state index contributed by atoms with van der Waals surface area (Å²) in [7, 11) is -0.0462. The Bertz CT molecular complexity index is 402. The summed E-state index contributed by atoms with van der Waals surface area (Å²) in [5.41, 5.74) is -0.188. The van der Waals surface area contributed by atoms with Crippen molar-refractivity contribution in [1.29, 1.82) is 0 Å². The Balaban J connectivity index is 2.85. The molecule has 0 radical (unpaired) electrons. The summed E-state index contributed by atoms with van der Waals surface area (Å²) in [5, 5.41) is 0. The van der Waals surface area contributed by atoms with E-state index >= 15 is 0 Å². The monoisotopic (exact) mass is 294 g/mol. The summed E-state index contributed by atoms with van der Waals surface area (Å²) in [6.07, 6.45) is 0.0197. The van der Waals surface area contributed by atoms with Gasteiger partial charge in [0, 0.05) is 44.6 Å². The van der Waals surface area contributed by atoms with Crippen LogP contribution in [0.15, 0.2) is 12.1 Å². The van der Waals surface area contributed by atoms with Gasteiger partial charge in [0.1, 0.15) is 17.5 Å². The van der Waals surface area contributed by atoms with Crippen LogP contribution in [0, 0.1) is 17.5 Å². The quantitative estimate of drug-likeness (QED) is 0.724. The zero-order valence-corrected chi connectivity index (χ0v) is 12.1. The van der Waals surface area contributed by atoms with Crippen molar-refractivity contribution in [1.82, 2.24) is 0 Å². The fourth-order valence-electron chi connectivity index (χ4n) is 1.79. The van der Waals surface area contributed by atoms with E-state index in [9.17, 15) is 13.2 Å². The van der Waals surface area contributed by atoms with E-state index in [1.807, 2.05) is 0 Å². The molecule has 0 bridgehead atoms. The normalized spacial score (nSPS) is 11.9. The molecule has 0 heterocycles. The van der Waals surface area contributed by atoms with Crippen LogP contribution in [-0.2, 0) is 19.7 Å². The van der Waals surface area contributed by atoms with E-state index in [0.717, 1.165) is 0 Å². The number of hydrogen-bond acceptors (Lipinski definition) is 3. The Morgan fingerprint density at radius 3 is 2.00 bits per heavy atom. The molecule has 1 aromatic rings. The van der Waals surface area contributed by atoms with Crippen molar-refractivity contribution < 1.29 is 26.4 Å². The predicted octanol–water partition coefficient (Wildman–Crippen LogP) is 2.91. The van der Waals surface area contributed by atoms with Gasteiger partial charge in [0.15, 0.2) is 0 Å². The lowest BCUT2D eigenvalue weighted by molar-refractivity contribution is 0.104. The van der Waals surface area contributed by atoms with Gasteiger partial charge in [-0.2, -0.15) is 0 Å². The van der Waals surface area contributed by atoms with Crippen molar-refractivity contribution >= 4 is 8.80 Å². The van der Waals surface area contributed by atoms with Gasteiger partial charge < -0.3 is 13.3 Å². The molecular formula is C12H17F3O3Si. The molecule has 7 heteroatoms. The zero-order valence-electron chi connectivity index (χ0n) is 11.1. The lowest BCUT2D eigenvalue weighted by Crippen LogP contribution is -2.44. The van der Waals surface area contributed by atoms with Crippen LogP contribution in [-0.4, -0.2) is 29.6 Å². The van der Waals surface area contributed by atoms with Gasteiger partial charge in [-0.15, -0.1) is 0 Å². The second-order valence-corrected chi connectivity index (χ2v) is 6.84. The first-order valence-corrected chi connectivity index (χ1v) is 7.79. The third-order valence-corrected chi connectivity index (χ3v) is 5.61. The third kappa shape index (κ3) is 4.03. The highest BCUT2D eigenvalue weighted by Crippen LogP contribution is 2.22. The van der Waals surface area contributed by atoms with Crippen molar-refractivity contribution in [2.45, 2.75) is 19.4 Å². The summed E-state index contributed by atoms with van der Waals surface area (Å²) in [6.45, 7) is 2.15. The molecule has 3 nitrogen and oxygen atoms in total. The highest BCUT2D eigenvalue weighted by Gasteiger charge is 2.38. The van der Waals surface area contributed by atoms with Gasteiger partial charge in [-0.05, 0) is 13.3 Å². The van der Waals surface area contributed by atoms with Crippen LogP contribution in [0.1, 0.15) is 12.5 Å². The molecule has 0 aliphatic rings. The summed E-state index contributed by atoms with van der Waals surface area (Å²) in [6, 6.07) is 1.52. The minimum atomic E-state index is -2.91. The van der Waals surface area contributed by atoms with Gasteiger partial charge >= 0.3 is 8.80 Å². The van der Waals surface area contributed by atoms with Crippen molar-refractivity contribution in [3.63, 3.8) is 0 Å². The number of rotatable bonds is 7. The number of halogens is 3. The maximum absolute atomic E-state index is 13.5. The molecule has 19 heavy (non-hydrogen) atoms. The molecule has 0 N–H and O–H groups in total. The minimum absolute atomic E-state index is 0.0197. The summed E-state index contributed by atoms with van der Waals surface area (Å²) >= 11 is 0. The van der Waals surface area contributed by atoms with Crippen molar-refractivity contribution in [2.24, 2.45) is 0 Å². The Morgan fingerprint density at radius 2 is 1.58 bits per heavy atom. The highest BCUT2D eigenvalue weighted by atomic mass is 28.4. The van der Waals surface area contributed by atoms with Crippen molar-refractivity contribution in [2.75, 3.05) is 20.8 Å². The van der Waals surface area contributed by atoms with Crippen LogP contribution >= 0.6 is 0 Å². The van der Waals surface area contributed by atoms with Gasteiger partial charge in [-0.25, -0.2) is 13.2 Å². The lowest BCUT2D eigenvalue weighted by Gasteiger charge is -2.25. The standard InChI is InChI=1S/C12H17F3O3Si/c1-4-18-19(16-2,17-3)6-5-10-11(14)7-9(13)8-12(10)15/h7-8H,4-6H2,1-3H3. The van der Waals surface area contributed by atoms with Crippen LogP contribution in [0.4, 0.5) is 13.2 Å². The van der Waals surface area contributed by atoms with E-state index < -0.39 is 26.3 Å². The Labute approximate surface area is 111 Å². The third-order valence-electron chi connectivity index (χ3n) is 2.77. The Morgan fingerprint density at radius 1 is 1.05 bits per heavy atom. The largest absolute Gasteiger partial charge is 0.500 e. The molecule has 0 fully saturated rings. The van der Waals surface area contributed by atoms with Crippen LogP contribution in [0.3, 0.4) is 0 Å². The van der Waals surface area contributed by atoms with Crippen LogP contribution < -0.4 is 0 Å². The first kappa shape index (κ1) is 16.2. The molecule has 0 aliphatic heterocycles. The van der Waals surface area contributed by atoms with Gasteiger partial charge in [0.25, 0.3) is 0 Å².